The number of aromatic nitrogens is 1. The van der Waals surface area contributed by atoms with Crippen LogP contribution in [-0.4, -0.2) is 4.98 Å². The Labute approximate surface area is 121 Å². The van der Waals surface area contributed by atoms with Crippen molar-refractivity contribution >= 4 is 10.9 Å². The summed E-state index contributed by atoms with van der Waals surface area (Å²) in [7, 11) is 0. The Morgan fingerprint density at radius 3 is 2.57 bits per heavy atom. The summed E-state index contributed by atoms with van der Waals surface area (Å²) in [6, 6.07) is 11.5. The third-order valence-electron chi connectivity index (χ3n) is 3.65. The molecule has 1 atom stereocenters. The lowest BCUT2D eigenvalue weighted by atomic mass is 9.94. The van der Waals surface area contributed by atoms with Crippen LogP contribution in [0.25, 0.3) is 10.9 Å². The molecule has 0 amide bonds. The molecule has 2 aromatic carbocycles. The molecule has 4 heteroatoms. The molecular formula is C17H14F2N2. The lowest BCUT2D eigenvalue weighted by Gasteiger charge is -2.16. The summed E-state index contributed by atoms with van der Waals surface area (Å²) in [4.78, 5) is 4.25. The second kappa shape index (κ2) is 5.22. The summed E-state index contributed by atoms with van der Waals surface area (Å²) in [5.41, 5.74) is 8.08. The normalized spacial score (nSPS) is 12.6. The molecule has 0 aliphatic heterocycles. The SMILES string of the molecule is Cc1ccc(C(N)c2cccc3ncccc23)c(F)c1F. The van der Waals surface area contributed by atoms with E-state index in [9.17, 15) is 8.78 Å². The van der Waals surface area contributed by atoms with Crippen LogP contribution in [0.15, 0.2) is 48.7 Å². The molecule has 1 heterocycles. The van der Waals surface area contributed by atoms with Crippen molar-refractivity contribution in [3.05, 3.63) is 77.0 Å². The number of benzene rings is 2. The lowest BCUT2D eigenvalue weighted by molar-refractivity contribution is 0.489. The van der Waals surface area contributed by atoms with Crippen LogP contribution < -0.4 is 5.73 Å². The highest BCUT2D eigenvalue weighted by molar-refractivity contribution is 5.82. The lowest BCUT2D eigenvalue weighted by Crippen LogP contribution is -2.15. The van der Waals surface area contributed by atoms with Gasteiger partial charge in [0, 0.05) is 17.1 Å². The van der Waals surface area contributed by atoms with Gasteiger partial charge in [-0.15, -0.1) is 0 Å². The molecule has 2 N–H and O–H groups in total. The molecule has 1 aromatic heterocycles. The molecule has 0 bridgehead atoms. The van der Waals surface area contributed by atoms with Crippen LogP contribution in [0.2, 0.25) is 0 Å². The van der Waals surface area contributed by atoms with Crippen LogP contribution in [0.3, 0.4) is 0 Å². The van der Waals surface area contributed by atoms with Gasteiger partial charge in [0.1, 0.15) is 0 Å². The highest BCUT2D eigenvalue weighted by Crippen LogP contribution is 2.29. The van der Waals surface area contributed by atoms with E-state index in [1.165, 1.54) is 19.1 Å². The number of fused-ring (bicyclic) bond motifs is 1. The Kier molecular flexibility index (Phi) is 3.39. The van der Waals surface area contributed by atoms with E-state index < -0.39 is 17.7 Å². The van der Waals surface area contributed by atoms with Gasteiger partial charge in [0.05, 0.1) is 11.6 Å². The summed E-state index contributed by atoms with van der Waals surface area (Å²) >= 11 is 0. The van der Waals surface area contributed by atoms with Gasteiger partial charge < -0.3 is 5.73 Å². The van der Waals surface area contributed by atoms with E-state index in [1.807, 2.05) is 24.3 Å². The summed E-state index contributed by atoms with van der Waals surface area (Å²) in [5.74, 6) is -1.73. The minimum Gasteiger partial charge on any atom is -0.320 e. The Hall–Kier alpha value is -2.33. The molecule has 0 aliphatic carbocycles. The van der Waals surface area contributed by atoms with Crippen LogP contribution in [0.1, 0.15) is 22.7 Å². The van der Waals surface area contributed by atoms with Gasteiger partial charge in [-0.05, 0) is 30.2 Å². The smallest absolute Gasteiger partial charge is 0.164 e. The van der Waals surface area contributed by atoms with Crippen LogP contribution in [0.4, 0.5) is 8.78 Å². The Bertz CT molecular complexity index is 810. The van der Waals surface area contributed by atoms with Crippen molar-refractivity contribution in [2.24, 2.45) is 5.73 Å². The molecule has 0 saturated heterocycles. The van der Waals surface area contributed by atoms with Gasteiger partial charge in [-0.25, -0.2) is 8.78 Å². The predicted octanol–water partition coefficient (Wildman–Crippen LogP) is 3.87. The summed E-state index contributed by atoms with van der Waals surface area (Å²) in [5, 5.41) is 0.841. The number of pyridine rings is 1. The minimum atomic E-state index is -0.886. The minimum absolute atomic E-state index is 0.148. The second-order valence-electron chi connectivity index (χ2n) is 4.99. The molecule has 0 aliphatic rings. The van der Waals surface area contributed by atoms with Crippen LogP contribution in [0, 0.1) is 18.6 Å². The van der Waals surface area contributed by atoms with Gasteiger partial charge in [0.25, 0.3) is 0 Å². The number of nitrogens with two attached hydrogens (primary N) is 1. The third kappa shape index (κ3) is 2.28. The predicted molar refractivity (Wildman–Crippen MR) is 78.9 cm³/mol. The average Bonchev–Trinajstić information content (AvgIpc) is 2.51. The highest BCUT2D eigenvalue weighted by Gasteiger charge is 2.19. The van der Waals surface area contributed by atoms with Gasteiger partial charge in [0.15, 0.2) is 11.6 Å². The van der Waals surface area contributed by atoms with Crippen LogP contribution in [-0.2, 0) is 0 Å². The average molecular weight is 284 g/mol. The fourth-order valence-corrected chi connectivity index (χ4v) is 2.47. The van der Waals surface area contributed by atoms with Gasteiger partial charge in [-0.3, -0.25) is 4.98 Å². The fourth-order valence-electron chi connectivity index (χ4n) is 2.47. The maximum absolute atomic E-state index is 14.1. The molecular weight excluding hydrogens is 270 g/mol. The van der Waals surface area contributed by atoms with E-state index in [4.69, 9.17) is 5.73 Å². The largest absolute Gasteiger partial charge is 0.320 e. The van der Waals surface area contributed by atoms with Gasteiger partial charge in [-0.1, -0.05) is 30.3 Å². The molecule has 3 aromatic rings. The Balaban J connectivity index is 2.17. The summed E-state index contributed by atoms with van der Waals surface area (Å²) in [6.07, 6.45) is 1.68. The number of rotatable bonds is 2. The van der Waals surface area contributed by atoms with E-state index in [0.717, 1.165) is 16.5 Å². The first-order valence-electron chi connectivity index (χ1n) is 6.63. The number of hydrogen-bond donors (Lipinski definition) is 1. The first kappa shape index (κ1) is 13.6. The van der Waals surface area contributed by atoms with Crippen molar-refractivity contribution < 1.29 is 8.78 Å². The first-order valence-corrected chi connectivity index (χ1v) is 6.63. The number of halogens is 2. The molecule has 0 saturated carbocycles. The molecule has 106 valence electrons. The standard InChI is InChI=1S/C17H14F2N2/c1-10-7-8-13(16(19)15(10)18)17(20)12-4-2-6-14-11(12)5-3-9-21-14/h2-9,17H,20H2,1H3. The third-order valence-corrected chi connectivity index (χ3v) is 3.65. The van der Waals surface area contributed by atoms with E-state index in [-0.39, 0.29) is 11.1 Å². The van der Waals surface area contributed by atoms with Crippen molar-refractivity contribution in [1.82, 2.24) is 4.98 Å². The van der Waals surface area contributed by atoms with Crippen LogP contribution in [0.5, 0.6) is 0 Å². The van der Waals surface area contributed by atoms with Gasteiger partial charge >= 0.3 is 0 Å². The molecule has 0 radical (unpaired) electrons. The van der Waals surface area contributed by atoms with Crippen molar-refractivity contribution in [2.45, 2.75) is 13.0 Å². The molecule has 21 heavy (non-hydrogen) atoms. The topological polar surface area (TPSA) is 38.9 Å². The molecule has 1 unspecified atom stereocenters. The zero-order valence-corrected chi connectivity index (χ0v) is 11.5. The van der Waals surface area contributed by atoms with Crippen LogP contribution >= 0.6 is 0 Å². The highest BCUT2D eigenvalue weighted by atomic mass is 19.2. The van der Waals surface area contributed by atoms with E-state index in [2.05, 4.69) is 4.98 Å². The Morgan fingerprint density at radius 1 is 0.952 bits per heavy atom. The maximum atomic E-state index is 14.1. The van der Waals surface area contributed by atoms with Crippen molar-refractivity contribution in [3.8, 4) is 0 Å². The molecule has 0 spiro atoms. The second-order valence-corrected chi connectivity index (χ2v) is 4.99. The zero-order valence-electron chi connectivity index (χ0n) is 11.5. The summed E-state index contributed by atoms with van der Waals surface area (Å²) < 4.78 is 27.9. The quantitative estimate of drug-likeness (QED) is 0.776. The van der Waals surface area contributed by atoms with Crippen molar-refractivity contribution in [2.75, 3.05) is 0 Å². The number of hydrogen-bond acceptors (Lipinski definition) is 2. The number of nitrogens with zero attached hydrogens (tertiary/aromatic N) is 1. The molecule has 2 nitrogen and oxygen atoms in total. The summed E-state index contributed by atoms with van der Waals surface area (Å²) in [6.45, 7) is 1.52. The monoisotopic (exact) mass is 284 g/mol. The molecule has 3 rings (SSSR count). The molecule has 0 fully saturated rings. The van der Waals surface area contributed by atoms with E-state index in [0.29, 0.717) is 0 Å². The van der Waals surface area contributed by atoms with Crippen molar-refractivity contribution in [3.63, 3.8) is 0 Å². The number of aryl methyl sites for hydroxylation is 1. The van der Waals surface area contributed by atoms with E-state index in [1.54, 1.807) is 12.3 Å². The van der Waals surface area contributed by atoms with Gasteiger partial charge in [-0.2, -0.15) is 0 Å². The van der Waals surface area contributed by atoms with E-state index >= 15 is 0 Å². The van der Waals surface area contributed by atoms with Crippen molar-refractivity contribution in [1.29, 1.82) is 0 Å². The first-order chi connectivity index (χ1) is 10.1. The Morgan fingerprint density at radius 2 is 1.76 bits per heavy atom. The zero-order chi connectivity index (χ0) is 15.0. The van der Waals surface area contributed by atoms with Gasteiger partial charge in [0.2, 0.25) is 0 Å². The maximum Gasteiger partial charge on any atom is 0.164 e. The fraction of sp³-hybridized carbons (Fsp3) is 0.118.